The zero-order valence-corrected chi connectivity index (χ0v) is 17.2. The van der Waals surface area contributed by atoms with Crippen LogP contribution in [0.15, 0.2) is 48.5 Å². The molecule has 1 heterocycles. The predicted molar refractivity (Wildman–Crippen MR) is 110 cm³/mol. The minimum absolute atomic E-state index is 0.0123. The molecule has 1 saturated heterocycles. The van der Waals surface area contributed by atoms with E-state index in [2.05, 4.69) is 15.4 Å². The van der Waals surface area contributed by atoms with Gasteiger partial charge in [-0.05, 0) is 55.0 Å². The van der Waals surface area contributed by atoms with E-state index in [0.29, 0.717) is 23.4 Å². The third kappa shape index (κ3) is 5.47. The minimum atomic E-state index is -3.38. The van der Waals surface area contributed by atoms with Gasteiger partial charge in [0.2, 0.25) is 15.9 Å². The van der Waals surface area contributed by atoms with Crippen molar-refractivity contribution in [3.05, 3.63) is 54.1 Å². The smallest absolute Gasteiger partial charge is 0.343 e. The second kappa shape index (κ2) is 7.75. The monoisotopic (exact) mass is 417 g/mol. The molecular formula is C20H23N3O5S. The highest BCUT2D eigenvalue weighted by Crippen LogP contribution is 2.29. The molecule has 0 radical (unpaired) electrons. The van der Waals surface area contributed by atoms with E-state index in [4.69, 9.17) is 4.74 Å². The van der Waals surface area contributed by atoms with E-state index in [0.717, 1.165) is 11.9 Å². The quantitative estimate of drug-likeness (QED) is 0.492. The lowest BCUT2D eigenvalue weighted by atomic mass is 9.91. The summed E-state index contributed by atoms with van der Waals surface area (Å²) in [4.78, 5) is 24.1. The molecule has 1 amide bonds. The molecule has 1 aliphatic heterocycles. The number of hydrogen-bond acceptors (Lipinski definition) is 6. The van der Waals surface area contributed by atoms with Crippen molar-refractivity contribution in [2.75, 3.05) is 16.3 Å². The van der Waals surface area contributed by atoms with Crippen LogP contribution in [0.4, 0.5) is 11.4 Å². The molecule has 1 aliphatic rings. The molecule has 29 heavy (non-hydrogen) atoms. The van der Waals surface area contributed by atoms with Gasteiger partial charge in [0.25, 0.3) is 0 Å². The van der Waals surface area contributed by atoms with E-state index in [1.165, 1.54) is 24.3 Å². The van der Waals surface area contributed by atoms with E-state index in [1.807, 2.05) is 13.8 Å². The van der Waals surface area contributed by atoms with Crippen LogP contribution in [0.25, 0.3) is 0 Å². The van der Waals surface area contributed by atoms with Crippen LogP contribution in [0.2, 0.25) is 0 Å². The number of nitrogens with one attached hydrogen (secondary N) is 3. The van der Waals surface area contributed by atoms with Gasteiger partial charge in [-0.1, -0.05) is 13.8 Å². The summed E-state index contributed by atoms with van der Waals surface area (Å²) in [6, 6.07) is 12.8. The molecule has 0 saturated carbocycles. The van der Waals surface area contributed by atoms with Crippen LogP contribution in [0.3, 0.4) is 0 Å². The Bertz CT molecular complexity index is 1020. The van der Waals surface area contributed by atoms with Crippen LogP contribution in [-0.2, 0) is 14.8 Å². The van der Waals surface area contributed by atoms with Crippen LogP contribution in [0, 0.1) is 5.41 Å². The van der Waals surface area contributed by atoms with Gasteiger partial charge in [0, 0.05) is 16.8 Å². The van der Waals surface area contributed by atoms with Crippen LogP contribution in [-0.4, -0.2) is 32.7 Å². The number of sulfonamides is 1. The lowest BCUT2D eigenvalue weighted by molar-refractivity contribution is -0.126. The molecular weight excluding hydrogens is 394 g/mol. The fourth-order valence-corrected chi connectivity index (χ4v) is 3.53. The largest absolute Gasteiger partial charge is 0.423 e. The van der Waals surface area contributed by atoms with Crippen molar-refractivity contribution in [3.8, 4) is 5.75 Å². The lowest BCUT2D eigenvalue weighted by Crippen LogP contribution is -2.33. The van der Waals surface area contributed by atoms with E-state index in [-0.39, 0.29) is 12.1 Å². The van der Waals surface area contributed by atoms with Crippen molar-refractivity contribution in [2.45, 2.75) is 26.4 Å². The molecule has 0 bridgehead atoms. The SMILES string of the molecule is CC1(C)CC(Nc2ccc(OC(=O)c3ccc(NS(C)(=O)=O)cc3)cc2)NC1=O. The first-order valence-electron chi connectivity index (χ1n) is 8.99. The van der Waals surface area contributed by atoms with E-state index in [1.54, 1.807) is 24.3 Å². The number of benzene rings is 2. The van der Waals surface area contributed by atoms with Gasteiger partial charge >= 0.3 is 5.97 Å². The minimum Gasteiger partial charge on any atom is -0.423 e. The number of anilines is 2. The average Bonchev–Trinajstić information content (AvgIpc) is 2.87. The number of amides is 1. The highest BCUT2D eigenvalue weighted by atomic mass is 32.2. The Hall–Kier alpha value is -3.07. The van der Waals surface area contributed by atoms with Crippen molar-refractivity contribution < 1.29 is 22.7 Å². The summed E-state index contributed by atoms with van der Waals surface area (Å²) in [5.74, 6) is -0.172. The molecule has 0 spiro atoms. The van der Waals surface area contributed by atoms with Gasteiger partial charge < -0.3 is 15.4 Å². The summed E-state index contributed by atoms with van der Waals surface area (Å²) in [6.07, 6.45) is 1.58. The molecule has 3 N–H and O–H groups in total. The Balaban J connectivity index is 1.58. The first-order chi connectivity index (χ1) is 13.5. The zero-order valence-electron chi connectivity index (χ0n) is 16.4. The second-order valence-corrected chi connectivity index (χ2v) is 9.37. The van der Waals surface area contributed by atoms with E-state index < -0.39 is 21.4 Å². The topological polar surface area (TPSA) is 114 Å². The van der Waals surface area contributed by atoms with Crippen LogP contribution in [0.5, 0.6) is 5.75 Å². The summed E-state index contributed by atoms with van der Waals surface area (Å²) in [6.45, 7) is 3.80. The molecule has 0 aliphatic carbocycles. The van der Waals surface area contributed by atoms with E-state index >= 15 is 0 Å². The summed E-state index contributed by atoms with van der Waals surface area (Å²) in [5.41, 5.74) is 1.05. The average molecular weight is 417 g/mol. The number of carbonyl (C=O) groups is 2. The zero-order chi connectivity index (χ0) is 21.2. The maximum absolute atomic E-state index is 12.3. The van der Waals surface area contributed by atoms with Gasteiger partial charge in [0.05, 0.1) is 18.0 Å². The summed E-state index contributed by atoms with van der Waals surface area (Å²) in [5, 5.41) is 6.14. The van der Waals surface area contributed by atoms with Crippen molar-refractivity contribution in [2.24, 2.45) is 5.41 Å². The van der Waals surface area contributed by atoms with Crippen molar-refractivity contribution in [3.63, 3.8) is 0 Å². The molecule has 1 unspecified atom stereocenters. The van der Waals surface area contributed by atoms with Gasteiger partial charge in [-0.15, -0.1) is 0 Å². The van der Waals surface area contributed by atoms with Gasteiger partial charge in [-0.25, -0.2) is 13.2 Å². The Morgan fingerprint density at radius 2 is 1.66 bits per heavy atom. The molecule has 1 atom stereocenters. The molecule has 8 nitrogen and oxygen atoms in total. The predicted octanol–water partition coefficient (Wildman–Crippen LogP) is 2.56. The van der Waals surface area contributed by atoms with Gasteiger partial charge in [0.15, 0.2) is 0 Å². The van der Waals surface area contributed by atoms with Gasteiger partial charge in [-0.3, -0.25) is 9.52 Å². The summed E-state index contributed by atoms with van der Waals surface area (Å²) in [7, 11) is -3.38. The third-order valence-corrected chi connectivity index (χ3v) is 5.07. The standard InChI is InChI=1S/C20H23N3O5S/c1-20(2)12-17(22-19(20)25)21-14-8-10-16(11-9-14)28-18(24)13-4-6-15(7-5-13)23-29(3,26)27/h4-11,17,21,23H,12H2,1-3H3,(H,22,25). The molecule has 154 valence electrons. The maximum Gasteiger partial charge on any atom is 0.343 e. The summed E-state index contributed by atoms with van der Waals surface area (Å²) >= 11 is 0. The molecule has 2 aromatic carbocycles. The molecule has 3 rings (SSSR count). The Kier molecular flexibility index (Phi) is 5.52. The third-order valence-electron chi connectivity index (χ3n) is 4.46. The molecule has 0 aromatic heterocycles. The second-order valence-electron chi connectivity index (χ2n) is 7.62. The Morgan fingerprint density at radius 3 is 2.17 bits per heavy atom. The number of carbonyl (C=O) groups excluding carboxylic acids is 2. The fraction of sp³-hybridized carbons (Fsp3) is 0.300. The molecule has 1 fully saturated rings. The highest BCUT2D eigenvalue weighted by molar-refractivity contribution is 7.92. The fourth-order valence-electron chi connectivity index (χ4n) is 2.97. The number of rotatable bonds is 6. The number of esters is 1. The first kappa shape index (κ1) is 20.7. The summed E-state index contributed by atoms with van der Waals surface area (Å²) < 4.78 is 30.1. The molecule has 9 heteroatoms. The normalized spacial score (nSPS) is 18.0. The maximum atomic E-state index is 12.3. The van der Waals surface area contributed by atoms with Crippen LogP contribution < -0.4 is 20.1 Å². The van der Waals surface area contributed by atoms with Crippen molar-refractivity contribution in [1.29, 1.82) is 0 Å². The Labute approximate surface area is 169 Å². The molecule has 2 aromatic rings. The van der Waals surface area contributed by atoms with Crippen LogP contribution >= 0.6 is 0 Å². The number of hydrogen-bond donors (Lipinski definition) is 3. The van der Waals surface area contributed by atoms with Crippen molar-refractivity contribution in [1.82, 2.24) is 5.32 Å². The van der Waals surface area contributed by atoms with Crippen LogP contribution in [0.1, 0.15) is 30.6 Å². The first-order valence-corrected chi connectivity index (χ1v) is 10.9. The number of ether oxygens (including phenoxy) is 1. The lowest BCUT2D eigenvalue weighted by Gasteiger charge is -2.15. The van der Waals surface area contributed by atoms with Gasteiger partial charge in [0.1, 0.15) is 5.75 Å². The Morgan fingerprint density at radius 1 is 1.07 bits per heavy atom. The highest BCUT2D eigenvalue weighted by Gasteiger charge is 2.38. The van der Waals surface area contributed by atoms with Gasteiger partial charge in [-0.2, -0.15) is 0 Å². The van der Waals surface area contributed by atoms with E-state index in [9.17, 15) is 18.0 Å². The van der Waals surface area contributed by atoms with Crippen molar-refractivity contribution >= 4 is 33.3 Å².